The van der Waals surface area contributed by atoms with Gasteiger partial charge in [0.25, 0.3) is 0 Å². The molecule has 0 heterocycles. The van der Waals surface area contributed by atoms with Crippen LogP contribution in [0.4, 0.5) is 0 Å². The highest BCUT2D eigenvalue weighted by molar-refractivity contribution is 5.85. The van der Waals surface area contributed by atoms with Crippen molar-refractivity contribution in [1.82, 2.24) is 5.32 Å². The number of benzene rings is 1. The molecule has 3 heteroatoms. The van der Waals surface area contributed by atoms with Crippen molar-refractivity contribution < 1.29 is 4.74 Å². The molecule has 0 aliphatic rings. The Bertz CT molecular complexity index is 223. The van der Waals surface area contributed by atoms with Crippen LogP contribution in [0.3, 0.4) is 0 Å². The number of rotatable bonds is 4. The number of nitrogens with one attached hydrogen (secondary N) is 1. The number of hydrogen-bond donors (Lipinski definition) is 1. The molecule has 0 radical (unpaired) electrons. The van der Waals surface area contributed by atoms with Crippen LogP contribution in [0.1, 0.15) is 5.56 Å². The fourth-order valence-corrected chi connectivity index (χ4v) is 1.06. The standard InChI is InChI=1S/C10H15NO.ClH/c1-11-8-7-9-3-5-10(12-2)6-4-9;/h3-6,11H,7-8H2,1-2H3;1H. The summed E-state index contributed by atoms with van der Waals surface area (Å²) in [4.78, 5) is 0. The number of halogens is 1. The molecule has 1 aromatic rings. The Kier molecular flexibility index (Phi) is 6.37. The summed E-state index contributed by atoms with van der Waals surface area (Å²) >= 11 is 0. The molecule has 0 aromatic heterocycles. The van der Waals surface area contributed by atoms with Crippen molar-refractivity contribution in [2.24, 2.45) is 0 Å². The molecule has 1 N–H and O–H groups in total. The predicted octanol–water partition coefficient (Wildman–Crippen LogP) is 1.88. The van der Waals surface area contributed by atoms with Gasteiger partial charge in [-0.1, -0.05) is 12.1 Å². The van der Waals surface area contributed by atoms with Gasteiger partial charge in [-0.3, -0.25) is 0 Å². The zero-order valence-corrected chi connectivity index (χ0v) is 8.86. The van der Waals surface area contributed by atoms with Crippen molar-refractivity contribution in [3.8, 4) is 5.75 Å². The summed E-state index contributed by atoms with van der Waals surface area (Å²) in [6.07, 6.45) is 1.07. The molecule has 0 fully saturated rings. The smallest absolute Gasteiger partial charge is 0.118 e. The molecule has 0 amide bonds. The number of methoxy groups -OCH3 is 1. The third-order valence-corrected chi connectivity index (χ3v) is 1.82. The summed E-state index contributed by atoms with van der Waals surface area (Å²) in [7, 11) is 3.64. The second-order valence-electron chi connectivity index (χ2n) is 2.70. The summed E-state index contributed by atoms with van der Waals surface area (Å²) in [5, 5.41) is 3.11. The summed E-state index contributed by atoms with van der Waals surface area (Å²) in [6, 6.07) is 8.17. The molecular formula is C10H16ClNO. The normalized spacial score (nSPS) is 9.08. The molecule has 2 nitrogen and oxygen atoms in total. The lowest BCUT2D eigenvalue weighted by Gasteiger charge is -2.02. The van der Waals surface area contributed by atoms with Crippen LogP contribution in [0.5, 0.6) is 5.75 Å². The fourth-order valence-electron chi connectivity index (χ4n) is 1.06. The molecule has 0 bridgehead atoms. The Labute approximate surface area is 85.7 Å². The zero-order chi connectivity index (χ0) is 8.81. The minimum absolute atomic E-state index is 0. The Morgan fingerprint density at radius 2 is 1.85 bits per heavy atom. The van der Waals surface area contributed by atoms with E-state index in [4.69, 9.17) is 4.74 Å². The maximum absolute atomic E-state index is 5.06. The lowest BCUT2D eigenvalue weighted by atomic mass is 10.1. The lowest BCUT2D eigenvalue weighted by Crippen LogP contribution is -2.10. The minimum Gasteiger partial charge on any atom is -0.497 e. The summed E-state index contributed by atoms with van der Waals surface area (Å²) in [5.74, 6) is 0.920. The van der Waals surface area contributed by atoms with E-state index in [1.807, 2.05) is 19.2 Å². The van der Waals surface area contributed by atoms with Gasteiger partial charge in [0.05, 0.1) is 7.11 Å². The molecule has 0 saturated carbocycles. The van der Waals surface area contributed by atoms with Crippen molar-refractivity contribution in [2.75, 3.05) is 20.7 Å². The summed E-state index contributed by atoms with van der Waals surface area (Å²) in [5.41, 5.74) is 1.34. The van der Waals surface area contributed by atoms with E-state index in [0.29, 0.717) is 0 Å². The number of hydrogen-bond acceptors (Lipinski definition) is 2. The molecule has 1 aromatic carbocycles. The highest BCUT2D eigenvalue weighted by atomic mass is 35.5. The van der Waals surface area contributed by atoms with Crippen molar-refractivity contribution >= 4 is 12.4 Å². The van der Waals surface area contributed by atoms with Gasteiger partial charge in [0.2, 0.25) is 0 Å². The molecule has 0 unspecified atom stereocenters. The third-order valence-electron chi connectivity index (χ3n) is 1.82. The van der Waals surface area contributed by atoms with E-state index >= 15 is 0 Å². The van der Waals surface area contributed by atoms with Gasteiger partial charge in [-0.2, -0.15) is 0 Å². The van der Waals surface area contributed by atoms with Crippen LogP contribution < -0.4 is 10.1 Å². The second kappa shape index (κ2) is 6.75. The molecular weight excluding hydrogens is 186 g/mol. The summed E-state index contributed by atoms with van der Waals surface area (Å²) < 4.78 is 5.06. The first-order valence-corrected chi connectivity index (χ1v) is 4.14. The van der Waals surface area contributed by atoms with E-state index in [9.17, 15) is 0 Å². The second-order valence-corrected chi connectivity index (χ2v) is 2.70. The monoisotopic (exact) mass is 201 g/mol. The van der Waals surface area contributed by atoms with Gasteiger partial charge in [-0.15, -0.1) is 12.4 Å². The van der Waals surface area contributed by atoms with E-state index in [0.717, 1.165) is 18.7 Å². The van der Waals surface area contributed by atoms with E-state index in [-0.39, 0.29) is 12.4 Å². The highest BCUT2D eigenvalue weighted by Gasteiger charge is 1.92. The first-order chi connectivity index (χ1) is 5.86. The number of likely N-dealkylation sites (N-methyl/N-ethyl adjacent to an activating group) is 1. The van der Waals surface area contributed by atoms with Crippen LogP contribution in [-0.2, 0) is 6.42 Å². The van der Waals surface area contributed by atoms with Crippen LogP contribution in [0, 0.1) is 0 Å². The Morgan fingerprint density at radius 3 is 2.31 bits per heavy atom. The molecule has 0 aliphatic carbocycles. The van der Waals surface area contributed by atoms with Crippen LogP contribution in [-0.4, -0.2) is 20.7 Å². The van der Waals surface area contributed by atoms with Crippen LogP contribution in [0.15, 0.2) is 24.3 Å². The van der Waals surface area contributed by atoms with Crippen LogP contribution in [0.2, 0.25) is 0 Å². The van der Waals surface area contributed by atoms with Gasteiger partial charge >= 0.3 is 0 Å². The molecule has 1 rings (SSSR count). The number of ether oxygens (including phenoxy) is 1. The largest absolute Gasteiger partial charge is 0.497 e. The first kappa shape index (κ1) is 12.3. The highest BCUT2D eigenvalue weighted by Crippen LogP contribution is 2.11. The topological polar surface area (TPSA) is 21.3 Å². The van der Waals surface area contributed by atoms with E-state index in [1.54, 1.807) is 7.11 Å². The van der Waals surface area contributed by atoms with Crippen molar-refractivity contribution in [3.05, 3.63) is 29.8 Å². The SMILES string of the molecule is CNCCc1ccc(OC)cc1.Cl. The predicted molar refractivity (Wildman–Crippen MR) is 57.9 cm³/mol. The third kappa shape index (κ3) is 4.15. The van der Waals surface area contributed by atoms with Crippen LogP contribution in [0.25, 0.3) is 0 Å². The molecule has 0 atom stereocenters. The van der Waals surface area contributed by atoms with Gasteiger partial charge in [-0.25, -0.2) is 0 Å². The van der Waals surface area contributed by atoms with E-state index in [1.165, 1.54) is 5.56 Å². The Balaban J connectivity index is 0.00000144. The average molecular weight is 202 g/mol. The maximum Gasteiger partial charge on any atom is 0.118 e. The van der Waals surface area contributed by atoms with E-state index in [2.05, 4.69) is 17.4 Å². The van der Waals surface area contributed by atoms with Gasteiger partial charge < -0.3 is 10.1 Å². The van der Waals surface area contributed by atoms with Crippen molar-refractivity contribution in [3.63, 3.8) is 0 Å². The zero-order valence-electron chi connectivity index (χ0n) is 8.04. The van der Waals surface area contributed by atoms with Crippen molar-refractivity contribution in [2.45, 2.75) is 6.42 Å². The molecule has 74 valence electrons. The Morgan fingerprint density at radius 1 is 1.23 bits per heavy atom. The van der Waals surface area contributed by atoms with E-state index < -0.39 is 0 Å². The molecule has 0 aliphatic heterocycles. The van der Waals surface area contributed by atoms with Crippen molar-refractivity contribution in [1.29, 1.82) is 0 Å². The first-order valence-electron chi connectivity index (χ1n) is 4.14. The van der Waals surface area contributed by atoms with Gasteiger partial charge in [0.15, 0.2) is 0 Å². The average Bonchev–Trinajstić information content (AvgIpc) is 2.15. The lowest BCUT2D eigenvalue weighted by molar-refractivity contribution is 0.414. The Hall–Kier alpha value is -0.730. The van der Waals surface area contributed by atoms with Crippen LogP contribution >= 0.6 is 12.4 Å². The molecule has 13 heavy (non-hydrogen) atoms. The molecule has 0 saturated heterocycles. The van der Waals surface area contributed by atoms with Gasteiger partial charge in [-0.05, 0) is 37.7 Å². The summed E-state index contributed by atoms with van der Waals surface area (Å²) in [6.45, 7) is 1.02. The minimum atomic E-state index is 0. The quantitative estimate of drug-likeness (QED) is 0.804. The van der Waals surface area contributed by atoms with Gasteiger partial charge in [0.1, 0.15) is 5.75 Å². The van der Waals surface area contributed by atoms with Gasteiger partial charge in [0, 0.05) is 0 Å². The maximum atomic E-state index is 5.06. The molecule has 0 spiro atoms. The fraction of sp³-hybridized carbons (Fsp3) is 0.400.